The molecule has 0 amide bonds. The average molecular weight is 562 g/mol. The second-order valence-corrected chi connectivity index (χ2v) is 11.3. The van der Waals surface area contributed by atoms with Crippen molar-refractivity contribution in [2.24, 2.45) is 0 Å². The highest BCUT2D eigenvalue weighted by Crippen LogP contribution is 2.60. The Hall–Kier alpha value is -1.21. The maximum Gasteiger partial charge on any atom is 0.399 e. The van der Waals surface area contributed by atoms with E-state index in [-0.39, 0.29) is 5.56 Å². The molecule has 9 heteroatoms. The maximum absolute atomic E-state index is 14.4. The average Bonchev–Trinajstić information content (AvgIpc) is 2.73. The molecule has 0 aliphatic carbocycles. The van der Waals surface area contributed by atoms with Crippen molar-refractivity contribution in [3.05, 3.63) is 87.4 Å². The first-order chi connectivity index (χ1) is 15.1. The first kappa shape index (κ1) is 25.4. The number of hydrogen-bond donors (Lipinski definition) is 2. The topological polar surface area (TPSA) is 57.5 Å². The Balaban J connectivity index is 1.67. The van der Waals surface area contributed by atoms with Crippen molar-refractivity contribution in [2.75, 3.05) is 5.75 Å². The number of unbranched alkanes of at least 4 members (excludes halogenated alkanes) is 1. The van der Waals surface area contributed by atoms with Crippen molar-refractivity contribution in [3.8, 4) is 11.1 Å². The molecule has 3 nitrogen and oxygen atoms in total. The summed E-state index contributed by atoms with van der Waals surface area (Å²) in [5.41, 5.74) is -3.39. The zero-order chi connectivity index (χ0) is 23.4. The van der Waals surface area contributed by atoms with Crippen molar-refractivity contribution in [2.45, 2.75) is 29.8 Å². The number of halogens is 4. The molecular formula is C23H21BrClF2O3PS. The highest BCUT2D eigenvalue weighted by molar-refractivity contribution is 9.10. The van der Waals surface area contributed by atoms with Crippen LogP contribution in [-0.2, 0) is 16.6 Å². The maximum atomic E-state index is 14.4. The molecule has 3 aromatic rings. The first-order valence-electron chi connectivity index (χ1n) is 9.80. The van der Waals surface area contributed by atoms with E-state index in [4.69, 9.17) is 21.4 Å². The lowest BCUT2D eigenvalue weighted by Crippen LogP contribution is -2.15. The lowest BCUT2D eigenvalue weighted by atomic mass is 9.97. The molecule has 0 spiro atoms. The van der Waals surface area contributed by atoms with E-state index in [1.54, 1.807) is 23.9 Å². The van der Waals surface area contributed by atoms with E-state index in [0.717, 1.165) is 46.6 Å². The predicted octanol–water partition coefficient (Wildman–Crippen LogP) is 8.11. The van der Waals surface area contributed by atoms with E-state index in [9.17, 15) is 13.3 Å². The predicted molar refractivity (Wildman–Crippen MR) is 131 cm³/mol. The van der Waals surface area contributed by atoms with E-state index < -0.39 is 18.8 Å². The van der Waals surface area contributed by atoms with E-state index in [1.165, 1.54) is 12.1 Å². The summed E-state index contributed by atoms with van der Waals surface area (Å²) >= 11 is 11.2. The van der Waals surface area contributed by atoms with Crippen LogP contribution in [0.15, 0.2) is 76.1 Å². The zero-order valence-corrected chi connectivity index (χ0v) is 20.9. The molecule has 0 heterocycles. The smallest absolute Gasteiger partial charge is 0.320 e. The molecule has 32 heavy (non-hydrogen) atoms. The zero-order valence-electron chi connectivity index (χ0n) is 16.8. The molecule has 0 aliphatic rings. The Morgan fingerprint density at radius 3 is 2.41 bits per heavy atom. The summed E-state index contributed by atoms with van der Waals surface area (Å²) < 4.78 is 40.8. The second kappa shape index (κ2) is 10.8. The molecule has 3 rings (SSSR count). The number of hydrogen-bond acceptors (Lipinski definition) is 2. The minimum absolute atomic E-state index is 0.0807. The summed E-state index contributed by atoms with van der Waals surface area (Å²) in [6.07, 6.45) is 2.80. The van der Waals surface area contributed by atoms with Crippen LogP contribution in [-0.4, -0.2) is 15.5 Å². The molecule has 3 aromatic carbocycles. The van der Waals surface area contributed by atoms with Crippen LogP contribution >= 0.6 is 46.9 Å². The van der Waals surface area contributed by atoms with Crippen molar-refractivity contribution < 1.29 is 23.1 Å². The van der Waals surface area contributed by atoms with Crippen LogP contribution in [0.2, 0.25) is 5.02 Å². The van der Waals surface area contributed by atoms with Crippen LogP contribution in [0.5, 0.6) is 0 Å². The molecule has 0 atom stereocenters. The highest BCUT2D eigenvalue weighted by Gasteiger charge is 2.51. The van der Waals surface area contributed by atoms with Gasteiger partial charge in [-0.25, -0.2) is 0 Å². The monoisotopic (exact) mass is 560 g/mol. The number of thioether (sulfide) groups is 1. The van der Waals surface area contributed by atoms with Gasteiger partial charge in [0.15, 0.2) is 0 Å². The third-order valence-electron chi connectivity index (χ3n) is 4.87. The normalized spacial score (nSPS) is 12.2. The second-order valence-electron chi connectivity index (χ2n) is 7.21. The molecule has 0 aromatic heterocycles. The van der Waals surface area contributed by atoms with E-state index in [1.807, 2.05) is 36.4 Å². The van der Waals surface area contributed by atoms with Gasteiger partial charge >= 0.3 is 13.3 Å². The Labute approximate surface area is 203 Å². The van der Waals surface area contributed by atoms with Crippen LogP contribution < -0.4 is 0 Å². The molecule has 2 N–H and O–H groups in total. The van der Waals surface area contributed by atoms with Crippen LogP contribution in [0.25, 0.3) is 11.1 Å². The van der Waals surface area contributed by atoms with Gasteiger partial charge in [0.05, 0.1) is 0 Å². The molecule has 0 saturated heterocycles. The van der Waals surface area contributed by atoms with Crippen molar-refractivity contribution in [3.63, 3.8) is 0 Å². The van der Waals surface area contributed by atoms with Crippen molar-refractivity contribution in [1.29, 1.82) is 0 Å². The van der Waals surface area contributed by atoms with Crippen LogP contribution in [0.1, 0.15) is 24.0 Å². The summed E-state index contributed by atoms with van der Waals surface area (Å²) in [5.74, 6) is 0.963. The molecule has 0 fully saturated rings. The fraction of sp³-hybridized carbons (Fsp3) is 0.217. The molecule has 170 valence electrons. The van der Waals surface area contributed by atoms with Gasteiger partial charge < -0.3 is 9.79 Å². The first-order valence-corrected chi connectivity index (χ1v) is 13.6. The lowest BCUT2D eigenvalue weighted by molar-refractivity contribution is 0.0570. The number of alkyl halides is 2. The van der Waals surface area contributed by atoms with Gasteiger partial charge in [0.25, 0.3) is 0 Å². The van der Waals surface area contributed by atoms with Crippen LogP contribution in [0.3, 0.4) is 0 Å². The van der Waals surface area contributed by atoms with E-state index in [0.29, 0.717) is 10.0 Å². The minimum atomic E-state index is -5.67. The number of aryl methyl sites for hydroxylation is 1. The standard InChI is InChI=1S/C23H21BrClF2O3PS/c24-22-14-16(6-3-4-13-32-18-8-5-7-17(25)15-18)11-12-20(22)19-9-1-2-10-21(19)23(26,27)31(28,29)30/h1-2,5,7-12,14-15H,3-4,6,13H2,(H2,28,29,30). The summed E-state index contributed by atoms with van der Waals surface area (Å²) in [4.78, 5) is 19.4. The summed E-state index contributed by atoms with van der Waals surface area (Å²) in [5, 5.41) is 0.722. The van der Waals surface area contributed by atoms with Crippen LogP contribution in [0.4, 0.5) is 8.78 Å². The molecule has 0 radical (unpaired) electrons. The quantitative estimate of drug-likeness (QED) is 0.157. The Kier molecular flexibility index (Phi) is 8.59. The molecule has 0 saturated carbocycles. The Bertz CT molecular complexity index is 1140. The molecule has 0 aliphatic heterocycles. The molecule has 0 unspecified atom stereocenters. The van der Waals surface area contributed by atoms with E-state index >= 15 is 0 Å². The van der Waals surface area contributed by atoms with Gasteiger partial charge in [0.2, 0.25) is 0 Å². The van der Waals surface area contributed by atoms with Crippen LogP contribution in [0, 0.1) is 0 Å². The number of rotatable bonds is 9. The highest BCUT2D eigenvalue weighted by atomic mass is 79.9. The third-order valence-corrected chi connectivity index (χ3v) is 7.81. The van der Waals surface area contributed by atoms with Gasteiger partial charge in [0, 0.05) is 20.0 Å². The van der Waals surface area contributed by atoms with Gasteiger partial charge in [-0.15, -0.1) is 11.8 Å². The SMILES string of the molecule is O=P(O)(O)C(F)(F)c1ccccc1-c1ccc(CCCCSc2cccc(Cl)c2)cc1Br. The number of benzene rings is 3. The minimum Gasteiger partial charge on any atom is -0.320 e. The van der Waals surface area contributed by atoms with Gasteiger partial charge in [-0.2, -0.15) is 8.78 Å². The van der Waals surface area contributed by atoms with Crippen molar-refractivity contribution >= 4 is 46.9 Å². The van der Waals surface area contributed by atoms with Gasteiger partial charge in [-0.05, 0) is 66.0 Å². The van der Waals surface area contributed by atoms with Crippen molar-refractivity contribution in [1.82, 2.24) is 0 Å². The summed E-state index contributed by atoms with van der Waals surface area (Å²) in [6.45, 7) is 0. The fourth-order valence-electron chi connectivity index (χ4n) is 3.25. The summed E-state index contributed by atoms with van der Waals surface area (Å²) in [6, 6.07) is 18.6. The summed E-state index contributed by atoms with van der Waals surface area (Å²) in [7, 11) is -5.67. The molecular weight excluding hydrogens is 541 g/mol. The Morgan fingerprint density at radius 2 is 1.72 bits per heavy atom. The van der Waals surface area contributed by atoms with Gasteiger partial charge in [-0.1, -0.05) is 70.0 Å². The largest absolute Gasteiger partial charge is 0.399 e. The third kappa shape index (κ3) is 6.22. The molecule has 0 bridgehead atoms. The fourth-order valence-corrected chi connectivity index (χ4v) is 5.62. The van der Waals surface area contributed by atoms with Gasteiger partial charge in [0.1, 0.15) is 0 Å². The van der Waals surface area contributed by atoms with Gasteiger partial charge in [-0.3, -0.25) is 4.57 Å². The Morgan fingerprint density at radius 1 is 0.969 bits per heavy atom. The van der Waals surface area contributed by atoms with E-state index in [2.05, 4.69) is 15.9 Å². The lowest BCUT2D eigenvalue weighted by Gasteiger charge is -2.21.